The fourth-order valence-corrected chi connectivity index (χ4v) is 6.23. The highest BCUT2D eigenvalue weighted by molar-refractivity contribution is 7.85. The molecule has 0 fully saturated rings. The summed E-state index contributed by atoms with van der Waals surface area (Å²) in [6.45, 7) is -2.63. The van der Waals surface area contributed by atoms with Gasteiger partial charge in [-0.25, -0.2) is 9.59 Å². The SMILES string of the molecule is O=C(COCC(=O)OC(CS(=O)(=O)O)(C(F)(F)F)C(F)(F)F)OCC1CC2c3ccccc3C1c1ccccc12. The smallest absolute Gasteiger partial charge is 0.438 e. The highest BCUT2D eigenvalue weighted by Gasteiger charge is 2.76. The topological polar surface area (TPSA) is 116 Å². The fourth-order valence-electron chi connectivity index (χ4n) is 5.33. The lowest BCUT2D eigenvalue weighted by atomic mass is 9.59. The van der Waals surface area contributed by atoms with Gasteiger partial charge in [0.15, 0.2) is 0 Å². The molecule has 0 saturated carbocycles. The van der Waals surface area contributed by atoms with Gasteiger partial charge in [-0.1, -0.05) is 48.5 Å². The molecule has 1 N–H and O–H groups in total. The summed E-state index contributed by atoms with van der Waals surface area (Å²) >= 11 is 0. The number of ether oxygens (including phenoxy) is 3. The zero-order valence-electron chi connectivity index (χ0n) is 20.4. The average Bonchev–Trinajstić information content (AvgIpc) is 2.85. The van der Waals surface area contributed by atoms with Gasteiger partial charge in [-0.05, 0) is 28.7 Å². The van der Waals surface area contributed by atoms with Crippen LogP contribution in [0.2, 0.25) is 0 Å². The van der Waals surface area contributed by atoms with E-state index in [0.29, 0.717) is 6.42 Å². The summed E-state index contributed by atoms with van der Waals surface area (Å²) in [6, 6.07) is 15.8. The first-order chi connectivity index (χ1) is 18.5. The molecule has 0 amide bonds. The van der Waals surface area contributed by atoms with Gasteiger partial charge in [0.05, 0.1) is 6.61 Å². The van der Waals surface area contributed by atoms with Crippen molar-refractivity contribution in [3.63, 3.8) is 0 Å². The first-order valence-electron chi connectivity index (χ1n) is 11.8. The minimum Gasteiger partial charge on any atom is -0.464 e. The number of rotatable bonds is 9. The minimum atomic E-state index is -6.47. The number of benzene rings is 2. The van der Waals surface area contributed by atoms with Crippen molar-refractivity contribution in [2.24, 2.45) is 5.92 Å². The molecule has 0 aromatic heterocycles. The monoisotopic (exact) mass is 596 g/mol. The van der Waals surface area contributed by atoms with Gasteiger partial charge in [0.1, 0.15) is 19.0 Å². The summed E-state index contributed by atoms with van der Waals surface area (Å²) in [7, 11) is -5.92. The molecule has 1 atom stereocenters. The maximum atomic E-state index is 13.3. The van der Waals surface area contributed by atoms with Gasteiger partial charge in [-0.2, -0.15) is 34.8 Å². The largest absolute Gasteiger partial charge is 0.464 e. The molecule has 0 aliphatic heterocycles. The van der Waals surface area contributed by atoms with Crippen LogP contribution in [0.15, 0.2) is 48.5 Å². The molecule has 2 aromatic carbocycles. The van der Waals surface area contributed by atoms with Crippen LogP contribution in [0.5, 0.6) is 0 Å². The van der Waals surface area contributed by atoms with Gasteiger partial charge >= 0.3 is 29.9 Å². The number of hydrogen-bond acceptors (Lipinski definition) is 7. The average molecular weight is 596 g/mol. The Labute approximate surface area is 224 Å². The predicted molar refractivity (Wildman–Crippen MR) is 124 cm³/mol. The van der Waals surface area contributed by atoms with E-state index in [1.807, 2.05) is 48.5 Å². The van der Waals surface area contributed by atoms with E-state index in [4.69, 9.17) is 9.29 Å². The Kier molecular flexibility index (Phi) is 7.95. The molecular formula is C25H22F6O8S. The summed E-state index contributed by atoms with van der Waals surface area (Å²) in [5.41, 5.74) is -1.00. The van der Waals surface area contributed by atoms with E-state index in [1.54, 1.807) is 0 Å². The lowest BCUT2D eigenvalue weighted by Gasteiger charge is -2.45. The van der Waals surface area contributed by atoms with Crippen LogP contribution in [0.25, 0.3) is 0 Å². The third-order valence-electron chi connectivity index (χ3n) is 6.91. The standard InChI is InChI=1S/C25H22F6O8S/c26-24(27,28)23(25(29,30)31,13-40(34,35)36)39-21(33)12-37-11-20(32)38-10-14-9-19-15-5-1-3-7-17(15)22(14)18-8-4-2-6-16(18)19/h1-8,14,19,22H,9-13H2,(H,34,35,36). The quantitative estimate of drug-likeness (QED) is 0.261. The fraction of sp³-hybridized carbons (Fsp3) is 0.440. The molecule has 0 heterocycles. The molecule has 1 unspecified atom stereocenters. The highest BCUT2D eigenvalue weighted by Crippen LogP contribution is 2.55. The van der Waals surface area contributed by atoms with Crippen LogP contribution in [0.1, 0.15) is 40.5 Å². The molecule has 0 radical (unpaired) electrons. The van der Waals surface area contributed by atoms with Crippen molar-refractivity contribution in [2.75, 3.05) is 25.6 Å². The first kappa shape index (κ1) is 29.8. The van der Waals surface area contributed by atoms with Crippen molar-refractivity contribution < 1.29 is 63.1 Å². The third kappa shape index (κ3) is 5.81. The summed E-state index contributed by atoms with van der Waals surface area (Å²) in [5.74, 6) is -6.44. The molecule has 2 aromatic rings. The van der Waals surface area contributed by atoms with E-state index < -0.39 is 59.0 Å². The molecule has 0 saturated heterocycles. The molecule has 3 aliphatic rings. The van der Waals surface area contributed by atoms with E-state index >= 15 is 0 Å². The Bertz CT molecular complexity index is 1330. The van der Waals surface area contributed by atoms with Crippen molar-refractivity contribution in [1.29, 1.82) is 0 Å². The van der Waals surface area contributed by atoms with E-state index in [2.05, 4.69) is 9.47 Å². The van der Waals surface area contributed by atoms with Crippen LogP contribution in [0.3, 0.4) is 0 Å². The molecule has 15 heteroatoms. The van der Waals surface area contributed by atoms with Crippen molar-refractivity contribution in [1.82, 2.24) is 0 Å². The van der Waals surface area contributed by atoms with Gasteiger partial charge in [0, 0.05) is 17.8 Å². The highest BCUT2D eigenvalue weighted by atomic mass is 32.2. The van der Waals surface area contributed by atoms with E-state index in [1.165, 1.54) is 11.1 Å². The van der Waals surface area contributed by atoms with Gasteiger partial charge in [-0.3, -0.25) is 4.55 Å². The van der Waals surface area contributed by atoms with Crippen LogP contribution in [0.4, 0.5) is 26.3 Å². The summed E-state index contributed by atoms with van der Waals surface area (Å²) in [6.07, 6.45) is -12.3. The van der Waals surface area contributed by atoms with Gasteiger partial charge in [0.25, 0.3) is 10.1 Å². The van der Waals surface area contributed by atoms with Gasteiger partial charge in [0.2, 0.25) is 0 Å². The van der Waals surface area contributed by atoms with Crippen LogP contribution in [-0.4, -0.2) is 68.4 Å². The first-order valence-corrected chi connectivity index (χ1v) is 13.4. The zero-order chi connectivity index (χ0) is 29.5. The molecule has 3 aliphatic carbocycles. The Balaban J connectivity index is 1.35. The lowest BCUT2D eigenvalue weighted by molar-refractivity contribution is -0.361. The molecule has 5 rings (SSSR count). The summed E-state index contributed by atoms with van der Waals surface area (Å²) < 4.78 is 123. The zero-order valence-corrected chi connectivity index (χ0v) is 21.2. The van der Waals surface area contributed by atoms with E-state index in [-0.39, 0.29) is 24.4 Å². The Hall–Kier alpha value is -3.17. The molecule has 40 heavy (non-hydrogen) atoms. The normalized spacial score (nSPS) is 20.4. The second kappa shape index (κ2) is 10.7. The molecule has 2 bridgehead atoms. The molecule has 8 nitrogen and oxygen atoms in total. The summed E-state index contributed by atoms with van der Waals surface area (Å²) in [4.78, 5) is 24.0. The maximum Gasteiger partial charge on any atom is 0.438 e. The van der Waals surface area contributed by atoms with Crippen LogP contribution < -0.4 is 0 Å². The van der Waals surface area contributed by atoms with Crippen molar-refractivity contribution in [3.05, 3.63) is 70.8 Å². The van der Waals surface area contributed by atoms with Crippen LogP contribution >= 0.6 is 0 Å². The number of carbonyl (C=O) groups excluding carboxylic acids is 2. The number of carbonyl (C=O) groups is 2. The Morgan fingerprint density at radius 2 is 1.30 bits per heavy atom. The van der Waals surface area contributed by atoms with Crippen molar-refractivity contribution >= 4 is 22.1 Å². The molecule has 218 valence electrons. The van der Waals surface area contributed by atoms with E-state index in [0.717, 1.165) is 11.1 Å². The maximum absolute atomic E-state index is 13.3. The number of fused-ring (bicyclic) bond motifs is 1. The van der Waals surface area contributed by atoms with Gasteiger partial charge < -0.3 is 14.2 Å². The molecule has 0 spiro atoms. The van der Waals surface area contributed by atoms with Crippen LogP contribution in [0, 0.1) is 5.92 Å². The second-order valence-electron chi connectivity index (χ2n) is 9.48. The summed E-state index contributed by atoms with van der Waals surface area (Å²) in [5, 5.41) is 0. The Morgan fingerprint density at radius 1 is 0.825 bits per heavy atom. The second-order valence-corrected chi connectivity index (χ2v) is 10.9. The van der Waals surface area contributed by atoms with Gasteiger partial charge in [-0.15, -0.1) is 0 Å². The lowest BCUT2D eigenvalue weighted by Crippen LogP contribution is -2.63. The van der Waals surface area contributed by atoms with E-state index in [9.17, 15) is 44.3 Å². The van der Waals surface area contributed by atoms with Crippen LogP contribution in [-0.2, 0) is 33.9 Å². The van der Waals surface area contributed by atoms with Crippen molar-refractivity contribution in [2.45, 2.75) is 36.2 Å². The third-order valence-corrected chi connectivity index (χ3v) is 7.68. The predicted octanol–water partition coefficient (Wildman–Crippen LogP) is 4.14. The number of alkyl halides is 6. The van der Waals surface area contributed by atoms with Crippen molar-refractivity contribution in [3.8, 4) is 0 Å². The number of esters is 2. The number of hydrogen-bond donors (Lipinski definition) is 1. The minimum absolute atomic E-state index is 0.0594. The number of halogens is 6. The molecular weight excluding hydrogens is 574 g/mol. The Morgan fingerprint density at radius 3 is 1.77 bits per heavy atom.